The van der Waals surface area contributed by atoms with Gasteiger partial charge in [-0.3, -0.25) is 4.79 Å². The Hall–Kier alpha value is -1.39. The number of carbonyl (C=O) groups is 1. The van der Waals surface area contributed by atoms with E-state index in [-0.39, 0.29) is 5.91 Å². The van der Waals surface area contributed by atoms with E-state index in [4.69, 9.17) is 5.73 Å². The summed E-state index contributed by atoms with van der Waals surface area (Å²) in [5, 5.41) is 2.79. The Labute approximate surface area is 103 Å². The van der Waals surface area contributed by atoms with Gasteiger partial charge in [-0.2, -0.15) is 0 Å². The molecular weight excluding hydrogens is 214 g/mol. The number of hydrogen-bond donors (Lipinski definition) is 2. The molecule has 0 bridgehead atoms. The van der Waals surface area contributed by atoms with Crippen molar-refractivity contribution in [2.75, 3.05) is 20.1 Å². The third-order valence-electron chi connectivity index (χ3n) is 2.50. The van der Waals surface area contributed by atoms with Gasteiger partial charge in [-0.15, -0.1) is 0 Å². The molecule has 0 saturated heterocycles. The van der Waals surface area contributed by atoms with Crippen LogP contribution >= 0.6 is 0 Å². The Kier molecular flexibility index (Phi) is 5.66. The van der Waals surface area contributed by atoms with E-state index in [1.54, 1.807) is 6.92 Å². The van der Waals surface area contributed by atoms with Crippen molar-refractivity contribution in [2.45, 2.75) is 19.5 Å². The average Bonchev–Trinajstić information content (AvgIpc) is 2.30. The quantitative estimate of drug-likeness (QED) is 0.758. The maximum Gasteiger partial charge on any atom is 0.236 e. The second-order valence-corrected chi connectivity index (χ2v) is 4.30. The van der Waals surface area contributed by atoms with Crippen LogP contribution in [0.15, 0.2) is 30.3 Å². The van der Waals surface area contributed by atoms with E-state index in [9.17, 15) is 4.79 Å². The van der Waals surface area contributed by atoms with Gasteiger partial charge in [-0.1, -0.05) is 30.3 Å². The standard InChI is InChI=1S/C13H21N3O/c1-11(14)13(17)15-8-9-16(2)10-12-6-4-3-5-7-12/h3-7,11H,8-10,14H2,1-2H3,(H,15,17)/t11-/m1/s1. The molecule has 0 radical (unpaired) electrons. The molecule has 1 aromatic carbocycles. The van der Waals surface area contributed by atoms with Gasteiger partial charge in [-0.25, -0.2) is 0 Å². The molecule has 0 aliphatic carbocycles. The number of nitrogens with zero attached hydrogens (tertiary/aromatic N) is 1. The lowest BCUT2D eigenvalue weighted by Crippen LogP contribution is -2.41. The van der Waals surface area contributed by atoms with Crippen LogP contribution in [0.1, 0.15) is 12.5 Å². The fraction of sp³-hybridized carbons (Fsp3) is 0.462. The van der Waals surface area contributed by atoms with E-state index >= 15 is 0 Å². The van der Waals surface area contributed by atoms with Gasteiger partial charge in [0.25, 0.3) is 0 Å². The number of nitrogens with one attached hydrogen (secondary N) is 1. The molecule has 3 N–H and O–H groups in total. The van der Waals surface area contributed by atoms with Gasteiger partial charge in [-0.05, 0) is 19.5 Å². The molecule has 0 aromatic heterocycles. The predicted molar refractivity (Wildman–Crippen MR) is 69.4 cm³/mol. The maximum atomic E-state index is 11.2. The van der Waals surface area contributed by atoms with E-state index in [0.29, 0.717) is 6.54 Å². The van der Waals surface area contributed by atoms with Crippen molar-refractivity contribution >= 4 is 5.91 Å². The molecular formula is C13H21N3O. The van der Waals surface area contributed by atoms with Crippen LogP contribution in [0.5, 0.6) is 0 Å². The molecule has 0 aliphatic rings. The molecule has 4 nitrogen and oxygen atoms in total. The molecule has 1 rings (SSSR count). The monoisotopic (exact) mass is 235 g/mol. The van der Waals surface area contributed by atoms with E-state index in [0.717, 1.165) is 13.1 Å². The molecule has 1 amide bonds. The minimum absolute atomic E-state index is 0.0990. The van der Waals surface area contributed by atoms with Crippen LogP contribution in [0.3, 0.4) is 0 Å². The second kappa shape index (κ2) is 7.04. The Bertz CT molecular complexity index is 338. The van der Waals surface area contributed by atoms with Crippen LogP contribution < -0.4 is 11.1 Å². The van der Waals surface area contributed by atoms with Gasteiger partial charge in [0.15, 0.2) is 0 Å². The summed E-state index contributed by atoms with van der Waals surface area (Å²) in [4.78, 5) is 13.4. The maximum absolute atomic E-state index is 11.2. The highest BCUT2D eigenvalue weighted by atomic mass is 16.2. The zero-order valence-corrected chi connectivity index (χ0v) is 10.5. The first-order valence-corrected chi connectivity index (χ1v) is 5.85. The first-order chi connectivity index (χ1) is 8.09. The smallest absolute Gasteiger partial charge is 0.236 e. The van der Waals surface area contributed by atoms with Crippen molar-refractivity contribution in [2.24, 2.45) is 5.73 Å². The second-order valence-electron chi connectivity index (χ2n) is 4.30. The number of carbonyl (C=O) groups excluding carboxylic acids is 1. The Balaban J connectivity index is 2.22. The van der Waals surface area contributed by atoms with E-state index in [1.165, 1.54) is 5.56 Å². The number of nitrogens with two attached hydrogens (primary N) is 1. The fourth-order valence-electron chi connectivity index (χ4n) is 1.51. The molecule has 0 saturated carbocycles. The minimum atomic E-state index is -0.436. The Morgan fingerprint density at radius 2 is 2.06 bits per heavy atom. The molecule has 0 unspecified atom stereocenters. The van der Waals surface area contributed by atoms with Crippen LogP contribution in [-0.2, 0) is 11.3 Å². The third-order valence-corrected chi connectivity index (χ3v) is 2.50. The van der Waals surface area contributed by atoms with Crippen LogP contribution in [0, 0.1) is 0 Å². The summed E-state index contributed by atoms with van der Waals surface area (Å²) in [7, 11) is 2.03. The first kappa shape index (κ1) is 13.7. The van der Waals surface area contributed by atoms with E-state index in [2.05, 4.69) is 22.3 Å². The molecule has 1 aromatic rings. The normalized spacial score (nSPS) is 12.5. The SMILES string of the molecule is C[C@@H](N)C(=O)NCCN(C)Cc1ccccc1. The van der Waals surface area contributed by atoms with Gasteiger partial charge in [0.2, 0.25) is 5.91 Å². The molecule has 0 aliphatic heterocycles. The highest BCUT2D eigenvalue weighted by Crippen LogP contribution is 2.01. The number of benzene rings is 1. The van der Waals surface area contributed by atoms with Crippen LogP contribution in [0.2, 0.25) is 0 Å². The Morgan fingerprint density at radius 1 is 1.41 bits per heavy atom. The molecule has 0 fully saturated rings. The summed E-state index contributed by atoms with van der Waals surface area (Å²) < 4.78 is 0. The van der Waals surface area contributed by atoms with Gasteiger partial charge < -0.3 is 16.0 Å². The van der Waals surface area contributed by atoms with E-state index < -0.39 is 6.04 Å². The highest BCUT2D eigenvalue weighted by molar-refractivity contribution is 5.80. The van der Waals surface area contributed by atoms with Crippen LogP contribution in [0.25, 0.3) is 0 Å². The van der Waals surface area contributed by atoms with E-state index in [1.807, 2.05) is 25.2 Å². The zero-order chi connectivity index (χ0) is 12.7. The molecule has 0 spiro atoms. The number of likely N-dealkylation sites (N-methyl/N-ethyl adjacent to an activating group) is 1. The summed E-state index contributed by atoms with van der Waals surface area (Å²) in [6, 6.07) is 9.82. The van der Waals surface area contributed by atoms with Crippen molar-refractivity contribution in [1.82, 2.24) is 10.2 Å². The molecule has 94 valence electrons. The van der Waals surface area contributed by atoms with Crippen molar-refractivity contribution in [3.8, 4) is 0 Å². The van der Waals surface area contributed by atoms with Crippen molar-refractivity contribution in [3.63, 3.8) is 0 Å². The molecule has 17 heavy (non-hydrogen) atoms. The summed E-state index contributed by atoms with van der Waals surface area (Å²) in [5.74, 6) is -0.0990. The molecule has 1 atom stereocenters. The Morgan fingerprint density at radius 3 is 2.65 bits per heavy atom. The van der Waals surface area contributed by atoms with Crippen LogP contribution in [-0.4, -0.2) is 37.0 Å². The van der Waals surface area contributed by atoms with Crippen molar-refractivity contribution in [3.05, 3.63) is 35.9 Å². The lowest BCUT2D eigenvalue weighted by atomic mass is 10.2. The average molecular weight is 235 g/mol. The lowest BCUT2D eigenvalue weighted by Gasteiger charge is -2.17. The minimum Gasteiger partial charge on any atom is -0.353 e. The predicted octanol–water partition coefficient (Wildman–Crippen LogP) is 0.582. The van der Waals surface area contributed by atoms with Gasteiger partial charge in [0.1, 0.15) is 0 Å². The van der Waals surface area contributed by atoms with Gasteiger partial charge >= 0.3 is 0 Å². The number of amides is 1. The third kappa shape index (κ3) is 5.47. The first-order valence-electron chi connectivity index (χ1n) is 5.85. The highest BCUT2D eigenvalue weighted by Gasteiger charge is 2.06. The number of rotatable bonds is 6. The van der Waals surface area contributed by atoms with Gasteiger partial charge in [0.05, 0.1) is 6.04 Å². The summed E-state index contributed by atoms with van der Waals surface area (Å²) in [6.07, 6.45) is 0. The largest absolute Gasteiger partial charge is 0.353 e. The fourth-order valence-corrected chi connectivity index (χ4v) is 1.51. The summed E-state index contributed by atoms with van der Waals surface area (Å²) in [6.45, 7) is 4.01. The van der Waals surface area contributed by atoms with Crippen molar-refractivity contribution < 1.29 is 4.79 Å². The van der Waals surface area contributed by atoms with Crippen molar-refractivity contribution in [1.29, 1.82) is 0 Å². The summed E-state index contributed by atoms with van der Waals surface area (Å²) in [5.41, 5.74) is 6.72. The topological polar surface area (TPSA) is 58.4 Å². The number of hydrogen-bond acceptors (Lipinski definition) is 3. The van der Waals surface area contributed by atoms with Crippen LogP contribution in [0.4, 0.5) is 0 Å². The lowest BCUT2D eigenvalue weighted by molar-refractivity contribution is -0.122. The molecule has 0 heterocycles. The molecule has 4 heteroatoms. The van der Waals surface area contributed by atoms with Gasteiger partial charge in [0, 0.05) is 19.6 Å². The summed E-state index contributed by atoms with van der Waals surface area (Å²) >= 11 is 0. The zero-order valence-electron chi connectivity index (χ0n) is 10.5.